The average Bonchev–Trinajstić information content (AvgIpc) is 3.59. The standard InChI is InChI=1S/C33H41N2/c1-23-13-8-11-20-29(23)34-26(4)30-21-22-33(28-18-9-10-19-28,27-16-6-5-7-17-27)35(30)32(34)31-24(2)14-12-15-25(31)3/h8,11-15,20-22,27-28H,5-7,9-10,16-19H2,1-4H3/q+1. The molecule has 1 unspecified atom stereocenters. The Kier molecular flexibility index (Phi) is 5.74. The van der Waals surface area contributed by atoms with Gasteiger partial charge in [-0.25, -0.2) is 4.57 Å². The van der Waals surface area contributed by atoms with E-state index in [1.807, 2.05) is 0 Å². The van der Waals surface area contributed by atoms with E-state index in [-0.39, 0.29) is 5.54 Å². The fraction of sp³-hybridized carbons (Fsp3) is 0.485. The molecule has 0 bridgehead atoms. The van der Waals surface area contributed by atoms with Gasteiger partial charge in [0, 0.05) is 18.8 Å². The highest BCUT2D eigenvalue weighted by molar-refractivity contribution is 5.68. The molecule has 35 heavy (non-hydrogen) atoms. The number of imidazole rings is 1. The van der Waals surface area contributed by atoms with Gasteiger partial charge in [0.15, 0.2) is 11.4 Å². The normalized spacial score (nSPS) is 22.7. The van der Waals surface area contributed by atoms with Crippen LogP contribution in [0.3, 0.4) is 0 Å². The summed E-state index contributed by atoms with van der Waals surface area (Å²) in [5, 5.41) is 0. The van der Waals surface area contributed by atoms with Crippen molar-refractivity contribution in [3.63, 3.8) is 0 Å². The van der Waals surface area contributed by atoms with Crippen molar-refractivity contribution >= 4 is 6.08 Å². The molecule has 2 heterocycles. The first-order chi connectivity index (χ1) is 17.0. The van der Waals surface area contributed by atoms with E-state index in [9.17, 15) is 0 Å². The Hall–Kier alpha value is -2.61. The highest BCUT2D eigenvalue weighted by Gasteiger charge is 2.56. The quantitative estimate of drug-likeness (QED) is 0.344. The third kappa shape index (κ3) is 3.39. The Balaban J connectivity index is 1.72. The number of para-hydroxylation sites is 1. The maximum absolute atomic E-state index is 2.87. The molecule has 2 nitrogen and oxygen atoms in total. The summed E-state index contributed by atoms with van der Waals surface area (Å²) in [6.07, 6.45) is 17.6. The number of aromatic nitrogens is 2. The number of hydrogen-bond donors (Lipinski definition) is 0. The van der Waals surface area contributed by atoms with Gasteiger partial charge in [-0.15, -0.1) is 0 Å². The van der Waals surface area contributed by atoms with E-state index in [1.54, 1.807) is 0 Å². The summed E-state index contributed by atoms with van der Waals surface area (Å²) in [7, 11) is 0. The lowest BCUT2D eigenvalue weighted by atomic mass is 9.67. The number of rotatable bonds is 4. The summed E-state index contributed by atoms with van der Waals surface area (Å²) < 4.78 is 5.48. The van der Waals surface area contributed by atoms with Gasteiger partial charge in [0.1, 0.15) is 11.2 Å². The smallest absolute Gasteiger partial charge is 0.213 e. The Morgan fingerprint density at radius 2 is 1.29 bits per heavy atom. The molecule has 1 aromatic heterocycles. The number of aryl methyl sites for hydroxylation is 3. The van der Waals surface area contributed by atoms with Crippen molar-refractivity contribution in [2.24, 2.45) is 11.8 Å². The fourth-order valence-electron chi connectivity index (χ4n) is 7.95. The molecule has 6 rings (SSSR count). The number of nitrogens with zero attached hydrogens (tertiary/aromatic N) is 2. The number of fused-ring (bicyclic) bond motifs is 1. The van der Waals surface area contributed by atoms with Crippen molar-refractivity contribution in [1.29, 1.82) is 0 Å². The molecule has 3 aliphatic rings. The molecule has 2 fully saturated rings. The van der Waals surface area contributed by atoms with Gasteiger partial charge in [-0.1, -0.05) is 68.5 Å². The van der Waals surface area contributed by atoms with Crippen molar-refractivity contribution in [2.45, 2.75) is 91.0 Å². The molecule has 0 saturated heterocycles. The largest absolute Gasteiger partial charge is 0.296 e. The molecule has 2 aliphatic carbocycles. The molecule has 0 radical (unpaired) electrons. The van der Waals surface area contributed by atoms with Crippen LogP contribution in [0.25, 0.3) is 23.2 Å². The molecule has 0 amide bonds. The minimum Gasteiger partial charge on any atom is -0.213 e. The van der Waals surface area contributed by atoms with Crippen molar-refractivity contribution in [1.82, 2.24) is 4.57 Å². The summed E-state index contributed by atoms with van der Waals surface area (Å²) in [6.45, 7) is 9.23. The summed E-state index contributed by atoms with van der Waals surface area (Å²) in [6, 6.07) is 15.8. The van der Waals surface area contributed by atoms with Crippen molar-refractivity contribution < 1.29 is 4.57 Å². The number of benzene rings is 2. The highest BCUT2D eigenvalue weighted by atomic mass is 15.2. The van der Waals surface area contributed by atoms with Crippen LogP contribution in [0, 0.1) is 39.5 Å². The molecular weight excluding hydrogens is 424 g/mol. The molecule has 3 aromatic rings. The average molecular weight is 466 g/mol. The summed E-state index contributed by atoms with van der Waals surface area (Å²) in [5.74, 6) is 2.88. The van der Waals surface area contributed by atoms with Gasteiger partial charge in [0.05, 0.1) is 5.56 Å². The maximum Gasteiger partial charge on any atom is 0.296 e. The van der Waals surface area contributed by atoms with E-state index < -0.39 is 0 Å². The molecule has 0 spiro atoms. The Labute approximate surface area is 211 Å². The zero-order valence-corrected chi connectivity index (χ0v) is 22.1. The van der Waals surface area contributed by atoms with Crippen LogP contribution in [-0.2, 0) is 5.54 Å². The van der Waals surface area contributed by atoms with E-state index in [4.69, 9.17) is 0 Å². The van der Waals surface area contributed by atoms with E-state index >= 15 is 0 Å². The molecular formula is C33H41N2+. The van der Waals surface area contributed by atoms with E-state index in [1.165, 1.54) is 103 Å². The van der Waals surface area contributed by atoms with Gasteiger partial charge in [-0.05, 0) is 81.4 Å². The lowest BCUT2D eigenvalue weighted by molar-refractivity contribution is -0.756. The lowest BCUT2D eigenvalue weighted by Gasteiger charge is -2.41. The zero-order chi connectivity index (χ0) is 24.2. The molecule has 2 saturated carbocycles. The summed E-state index contributed by atoms with van der Waals surface area (Å²) in [5.41, 5.74) is 9.76. The van der Waals surface area contributed by atoms with Gasteiger partial charge in [-0.3, -0.25) is 0 Å². The van der Waals surface area contributed by atoms with Crippen LogP contribution in [-0.4, -0.2) is 4.57 Å². The summed E-state index contributed by atoms with van der Waals surface area (Å²) in [4.78, 5) is 0. The highest BCUT2D eigenvalue weighted by Crippen LogP contribution is 2.51. The van der Waals surface area contributed by atoms with Gasteiger partial charge in [-0.2, -0.15) is 4.57 Å². The third-order valence-electron chi connectivity index (χ3n) is 9.60. The first-order valence-corrected chi connectivity index (χ1v) is 14.0. The Bertz CT molecular complexity index is 1260. The van der Waals surface area contributed by atoms with Crippen LogP contribution in [0.4, 0.5) is 0 Å². The first kappa shape index (κ1) is 22.8. The second-order valence-corrected chi connectivity index (χ2v) is 11.6. The van der Waals surface area contributed by atoms with Gasteiger partial charge in [0.2, 0.25) is 0 Å². The number of hydrogen-bond acceptors (Lipinski definition) is 0. The summed E-state index contributed by atoms with van der Waals surface area (Å²) >= 11 is 0. The van der Waals surface area contributed by atoms with Gasteiger partial charge < -0.3 is 0 Å². The van der Waals surface area contributed by atoms with Crippen LogP contribution < -0.4 is 4.57 Å². The minimum atomic E-state index is 0.106. The van der Waals surface area contributed by atoms with Crippen molar-refractivity contribution in [3.8, 4) is 17.1 Å². The number of allylic oxidation sites excluding steroid dienone is 1. The van der Waals surface area contributed by atoms with Gasteiger partial charge >= 0.3 is 0 Å². The molecule has 1 aliphatic heterocycles. The molecule has 0 N–H and O–H groups in total. The second-order valence-electron chi connectivity index (χ2n) is 11.6. The van der Waals surface area contributed by atoms with Crippen LogP contribution in [0.5, 0.6) is 0 Å². The predicted molar refractivity (Wildman–Crippen MR) is 146 cm³/mol. The van der Waals surface area contributed by atoms with Crippen LogP contribution >= 0.6 is 0 Å². The Morgan fingerprint density at radius 3 is 1.91 bits per heavy atom. The molecule has 2 aromatic carbocycles. The van der Waals surface area contributed by atoms with Gasteiger partial charge in [0.25, 0.3) is 5.82 Å². The lowest BCUT2D eigenvalue weighted by Crippen LogP contribution is -2.63. The third-order valence-corrected chi connectivity index (χ3v) is 9.60. The second kappa shape index (κ2) is 8.80. The van der Waals surface area contributed by atoms with E-state index in [0.717, 1.165) is 11.8 Å². The van der Waals surface area contributed by atoms with Crippen LogP contribution in [0.1, 0.15) is 85.9 Å². The zero-order valence-electron chi connectivity index (χ0n) is 22.1. The molecule has 182 valence electrons. The maximum atomic E-state index is 2.87. The fourth-order valence-corrected chi connectivity index (χ4v) is 7.95. The Morgan fingerprint density at radius 1 is 0.714 bits per heavy atom. The molecule has 2 heteroatoms. The first-order valence-electron chi connectivity index (χ1n) is 14.0. The molecule has 1 atom stereocenters. The van der Waals surface area contributed by atoms with E-state index in [0.29, 0.717) is 0 Å². The predicted octanol–water partition coefficient (Wildman–Crippen LogP) is 8.16. The topological polar surface area (TPSA) is 8.81 Å². The monoisotopic (exact) mass is 465 g/mol. The SMILES string of the molecule is Cc1ccccc1-n1c(C)c2[n+](c1-c1c(C)cccc1C)C(C1CCCCC1)(C1CCCC1)C=C2. The van der Waals surface area contributed by atoms with Crippen molar-refractivity contribution in [3.05, 3.63) is 76.6 Å². The minimum absolute atomic E-state index is 0.106. The van der Waals surface area contributed by atoms with E-state index in [2.05, 4.69) is 91.4 Å². The van der Waals surface area contributed by atoms with Crippen molar-refractivity contribution in [2.75, 3.05) is 0 Å². The van der Waals surface area contributed by atoms with Crippen LogP contribution in [0.15, 0.2) is 48.5 Å². The van der Waals surface area contributed by atoms with Crippen LogP contribution in [0.2, 0.25) is 0 Å².